The van der Waals surface area contributed by atoms with Crippen molar-refractivity contribution in [3.63, 3.8) is 0 Å². The third-order valence-corrected chi connectivity index (χ3v) is 6.27. The molecule has 0 spiro atoms. The molecule has 0 fully saturated rings. The first kappa shape index (κ1) is 20.4. The number of halogens is 1. The van der Waals surface area contributed by atoms with Crippen LogP contribution in [0.3, 0.4) is 0 Å². The molecular formula is C18H14FN7OS3. The summed E-state index contributed by atoms with van der Waals surface area (Å²) in [7, 11) is 0. The van der Waals surface area contributed by atoms with Crippen molar-refractivity contribution in [3.8, 4) is 0 Å². The molecule has 8 nitrogen and oxygen atoms in total. The second-order valence-corrected chi connectivity index (χ2v) is 9.22. The third-order valence-electron chi connectivity index (χ3n) is 3.60. The number of aryl methyl sites for hydroxylation is 1. The number of thiazole rings is 1. The number of anilines is 1. The molecule has 0 bridgehead atoms. The Labute approximate surface area is 183 Å². The first-order valence-corrected chi connectivity index (χ1v) is 11.0. The zero-order valence-corrected chi connectivity index (χ0v) is 17.9. The van der Waals surface area contributed by atoms with Crippen LogP contribution in [0.1, 0.15) is 10.6 Å². The quantitative estimate of drug-likeness (QED) is 0.427. The van der Waals surface area contributed by atoms with Gasteiger partial charge in [-0.15, -0.1) is 11.3 Å². The predicted molar refractivity (Wildman–Crippen MR) is 112 cm³/mol. The van der Waals surface area contributed by atoms with Gasteiger partial charge in [0.2, 0.25) is 5.91 Å². The Hall–Kier alpha value is -2.83. The summed E-state index contributed by atoms with van der Waals surface area (Å²) in [5, 5.41) is 11.6. The highest BCUT2D eigenvalue weighted by Crippen LogP contribution is 2.30. The van der Waals surface area contributed by atoms with Crippen LogP contribution in [0.15, 0.2) is 63.1 Å². The Morgan fingerprint density at radius 2 is 2.00 bits per heavy atom. The minimum Gasteiger partial charge on any atom is -0.302 e. The van der Waals surface area contributed by atoms with Gasteiger partial charge in [-0.2, -0.15) is 5.10 Å². The molecule has 4 rings (SSSR count). The molecule has 0 atom stereocenters. The highest BCUT2D eigenvalue weighted by Gasteiger charge is 2.16. The molecule has 3 aromatic heterocycles. The Kier molecular flexibility index (Phi) is 6.35. The van der Waals surface area contributed by atoms with Gasteiger partial charge in [0.25, 0.3) is 0 Å². The van der Waals surface area contributed by atoms with Crippen molar-refractivity contribution in [3.05, 3.63) is 59.4 Å². The summed E-state index contributed by atoms with van der Waals surface area (Å²) in [5.41, 5.74) is 0.495. The fraction of sp³-hybridized carbons (Fsp3) is 0.111. The average molecular weight is 460 g/mol. The van der Waals surface area contributed by atoms with Crippen LogP contribution in [-0.2, 0) is 11.2 Å². The van der Waals surface area contributed by atoms with E-state index in [1.165, 1.54) is 53.3 Å². The molecule has 1 amide bonds. The van der Waals surface area contributed by atoms with E-state index in [9.17, 15) is 9.18 Å². The Balaban J connectivity index is 1.56. The number of carbonyl (C=O) groups is 1. The monoisotopic (exact) mass is 459 g/mol. The minimum atomic E-state index is -0.306. The zero-order valence-electron chi connectivity index (χ0n) is 15.5. The second-order valence-electron chi connectivity index (χ2n) is 5.91. The Morgan fingerprint density at radius 1 is 1.17 bits per heavy atom. The van der Waals surface area contributed by atoms with Crippen molar-refractivity contribution >= 4 is 45.9 Å². The second kappa shape index (κ2) is 9.32. The number of benzene rings is 1. The largest absolute Gasteiger partial charge is 0.302 e. The maximum atomic E-state index is 13.1. The number of hydrogen-bond acceptors (Lipinski definition) is 9. The summed E-state index contributed by atoms with van der Waals surface area (Å²) >= 11 is 3.97. The number of hydrogen-bond donors (Lipinski definition) is 2. The molecule has 1 aromatic carbocycles. The lowest BCUT2D eigenvalue weighted by atomic mass is 10.3. The van der Waals surface area contributed by atoms with Crippen molar-refractivity contribution in [2.75, 3.05) is 5.32 Å². The molecule has 0 saturated carbocycles. The Bertz CT molecular complexity index is 1150. The predicted octanol–water partition coefficient (Wildman–Crippen LogP) is 3.98. The number of nitrogens with one attached hydrogen (secondary N) is 2. The highest BCUT2D eigenvalue weighted by atomic mass is 32.2. The summed E-state index contributed by atoms with van der Waals surface area (Å²) in [6, 6.07) is 6.09. The summed E-state index contributed by atoms with van der Waals surface area (Å²) in [4.78, 5) is 31.7. The zero-order chi connectivity index (χ0) is 20.9. The standard InChI is InChI=1S/C18H14FN7OS3/c1-10-7-21-17(28-10)25-14(27)6-13-16(30-18-22-9-23-26-18)20-8-15(24-13)29-12-4-2-11(19)3-5-12/h2-5,7-9H,6H2,1H3,(H,21,25,27)(H,22,23,26). The van der Waals surface area contributed by atoms with E-state index >= 15 is 0 Å². The molecule has 12 heteroatoms. The first-order chi connectivity index (χ1) is 14.5. The van der Waals surface area contributed by atoms with Crippen molar-refractivity contribution in [1.82, 2.24) is 30.1 Å². The molecule has 0 aliphatic rings. The van der Waals surface area contributed by atoms with Crippen LogP contribution >= 0.6 is 34.9 Å². The first-order valence-electron chi connectivity index (χ1n) is 8.60. The molecule has 0 aliphatic carbocycles. The van der Waals surface area contributed by atoms with Crippen molar-refractivity contribution in [1.29, 1.82) is 0 Å². The van der Waals surface area contributed by atoms with E-state index in [0.29, 0.717) is 26.0 Å². The van der Waals surface area contributed by atoms with Gasteiger partial charge in [-0.25, -0.2) is 24.3 Å². The SMILES string of the molecule is Cc1cnc(NC(=O)Cc2nc(Sc3ccc(F)cc3)cnc2Sc2ncn[nH]2)s1. The molecular weight excluding hydrogens is 445 g/mol. The molecule has 30 heavy (non-hydrogen) atoms. The van der Waals surface area contributed by atoms with Gasteiger partial charge in [0.15, 0.2) is 10.3 Å². The number of carbonyl (C=O) groups excluding carboxylic acids is 1. The van der Waals surface area contributed by atoms with Gasteiger partial charge in [0.1, 0.15) is 22.2 Å². The van der Waals surface area contributed by atoms with Crippen LogP contribution in [0.25, 0.3) is 0 Å². The van der Waals surface area contributed by atoms with E-state index < -0.39 is 0 Å². The molecule has 0 unspecified atom stereocenters. The molecule has 152 valence electrons. The number of amides is 1. The fourth-order valence-corrected chi connectivity index (χ4v) is 4.51. The lowest BCUT2D eigenvalue weighted by Crippen LogP contribution is -2.16. The van der Waals surface area contributed by atoms with Gasteiger partial charge in [-0.05, 0) is 43.0 Å². The van der Waals surface area contributed by atoms with E-state index in [1.807, 2.05) is 6.92 Å². The topological polar surface area (TPSA) is 109 Å². The minimum absolute atomic E-state index is 0.0138. The number of aromatic amines is 1. The van der Waals surface area contributed by atoms with Crippen LogP contribution in [0.5, 0.6) is 0 Å². The molecule has 0 aliphatic heterocycles. The lowest BCUT2D eigenvalue weighted by molar-refractivity contribution is -0.115. The van der Waals surface area contributed by atoms with Crippen molar-refractivity contribution < 1.29 is 9.18 Å². The number of nitrogens with zero attached hydrogens (tertiary/aromatic N) is 5. The van der Waals surface area contributed by atoms with Crippen LogP contribution in [-0.4, -0.2) is 36.0 Å². The highest BCUT2D eigenvalue weighted by molar-refractivity contribution is 7.99. The maximum Gasteiger partial charge on any atom is 0.232 e. The van der Waals surface area contributed by atoms with E-state index in [1.54, 1.807) is 24.5 Å². The molecule has 4 aromatic rings. The smallest absolute Gasteiger partial charge is 0.232 e. The summed E-state index contributed by atoms with van der Waals surface area (Å²) in [5.74, 6) is -0.555. The fourth-order valence-electron chi connectivity index (χ4n) is 2.33. The average Bonchev–Trinajstić information content (AvgIpc) is 3.37. The number of rotatable bonds is 7. The van der Waals surface area contributed by atoms with Crippen LogP contribution in [0.2, 0.25) is 0 Å². The van der Waals surface area contributed by atoms with Crippen LogP contribution in [0, 0.1) is 12.7 Å². The number of aromatic nitrogens is 6. The van der Waals surface area contributed by atoms with Crippen molar-refractivity contribution in [2.24, 2.45) is 0 Å². The van der Waals surface area contributed by atoms with Gasteiger partial charge in [-0.3, -0.25) is 9.89 Å². The molecule has 2 N–H and O–H groups in total. The van der Waals surface area contributed by atoms with Gasteiger partial charge >= 0.3 is 0 Å². The van der Waals surface area contributed by atoms with Gasteiger partial charge in [-0.1, -0.05) is 11.8 Å². The van der Waals surface area contributed by atoms with E-state index in [2.05, 4.69) is 35.5 Å². The maximum absolute atomic E-state index is 13.1. The third kappa shape index (κ3) is 5.40. The summed E-state index contributed by atoms with van der Waals surface area (Å²) in [6.45, 7) is 1.92. The lowest BCUT2D eigenvalue weighted by Gasteiger charge is -2.09. The van der Waals surface area contributed by atoms with Crippen LogP contribution in [0.4, 0.5) is 9.52 Å². The van der Waals surface area contributed by atoms with Crippen molar-refractivity contribution in [2.45, 2.75) is 33.4 Å². The molecule has 3 heterocycles. The van der Waals surface area contributed by atoms with E-state index in [0.717, 1.165) is 9.77 Å². The van der Waals surface area contributed by atoms with Crippen LogP contribution < -0.4 is 5.32 Å². The summed E-state index contributed by atoms with van der Waals surface area (Å²) < 4.78 is 13.1. The molecule has 0 saturated heterocycles. The number of H-pyrrole nitrogens is 1. The van der Waals surface area contributed by atoms with Gasteiger partial charge in [0.05, 0.1) is 18.3 Å². The van der Waals surface area contributed by atoms with E-state index in [4.69, 9.17) is 0 Å². The molecule has 0 radical (unpaired) electrons. The Morgan fingerprint density at radius 3 is 2.70 bits per heavy atom. The van der Waals surface area contributed by atoms with Gasteiger partial charge in [0, 0.05) is 16.0 Å². The summed E-state index contributed by atoms with van der Waals surface area (Å²) in [6.07, 6.45) is 4.72. The van der Waals surface area contributed by atoms with E-state index in [-0.39, 0.29) is 18.1 Å². The van der Waals surface area contributed by atoms with Gasteiger partial charge < -0.3 is 5.32 Å². The normalized spacial score (nSPS) is 10.9.